The summed E-state index contributed by atoms with van der Waals surface area (Å²) in [6, 6.07) is 0.0431. The van der Waals surface area contributed by atoms with Gasteiger partial charge in [0.25, 0.3) is 0 Å². The monoisotopic (exact) mass is 590 g/mol. The van der Waals surface area contributed by atoms with Gasteiger partial charge < -0.3 is 9.80 Å². The predicted octanol–water partition coefficient (Wildman–Crippen LogP) is 4.23. The Kier molecular flexibility index (Phi) is 4.64. The maximum absolute atomic E-state index is 13.0. The first-order chi connectivity index (χ1) is 10.8. The molecule has 2 aliphatic carbocycles. The number of hydrogen-bond donors (Lipinski definition) is 0. The van der Waals surface area contributed by atoms with E-state index in [1.165, 1.54) is 0 Å². The van der Waals surface area contributed by atoms with Gasteiger partial charge in [-0.25, -0.2) is 0 Å². The Balaban J connectivity index is 1.72. The topological polar surface area (TPSA) is 40.6 Å². The second kappa shape index (κ2) is 5.68. The molecule has 0 aromatic rings. The molecular weight excluding hydrogens is 572 g/mol. The molecule has 136 valence electrons. The highest BCUT2D eigenvalue weighted by Gasteiger charge is 2.69. The first kappa shape index (κ1) is 19.6. The molecule has 0 aromatic heterocycles. The molecule has 4 nitrogen and oxygen atoms in total. The van der Waals surface area contributed by atoms with E-state index in [1.807, 2.05) is 37.5 Å². The summed E-state index contributed by atoms with van der Waals surface area (Å²) in [6.07, 6.45) is 1.57. The molecular formula is C16H22Br4N2O2. The van der Waals surface area contributed by atoms with Crippen LogP contribution in [-0.2, 0) is 9.59 Å². The third kappa shape index (κ3) is 2.76. The van der Waals surface area contributed by atoms with Crippen molar-refractivity contribution in [2.75, 3.05) is 13.1 Å². The molecule has 0 N–H and O–H groups in total. The van der Waals surface area contributed by atoms with Gasteiger partial charge in [0.05, 0.1) is 17.3 Å². The van der Waals surface area contributed by atoms with Crippen molar-refractivity contribution in [3.05, 3.63) is 0 Å². The Bertz CT molecular complexity index is 559. The van der Waals surface area contributed by atoms with Gasteiger partial charge in [-0.15, -0.1) is 0 Å². The van der Waals surface area contributed by atoms with Gasteiger partial charge in [0.1, 0.15) is 0 Å². The van der Waals surface area contributed by atoms with E-state index >= 15 is 0 Å². The lowest BCUT2D eigenvalue weighted by atomic mass is 10.00. The largest absolute Gasteiger partial charge is 0.336 e. The number of alkyl halides is 4. The van der Waals surface area contributed by atoms with Crippen LogP contribution in [0.3, 0.4) is 0 Å². The first-order valence-corrected chi connectivity index (χ1v) is 11.3. The molecule has 0 spiro atoms. The van der Waals surface area contributed by atoms with E-state index < -0.39 is 10.8 Å². The predicted molar refractivity (Wildman–Crippen MR) is 109 cm³/mol. The maximum Gasteiger partial charge on any atom is 0.231 e. The second-order valence-corrected chi connectivity index (χ2v) is 15.6. The first-order valence-electron chi connectivity index (χ1n) is 8.15. The smallest absolute Gasteiger partial charge is 0.231 e. The van der Waals surface area contributed by atoms with Crippen LogP contribution < -0.4 is 0 Å². The van der Waals surface area contributed by atoms with Crippen molar-refractivity contribution in [3.63, 3.8) is 0 Å². The van der Waals surface area contributed by atoms with Crippen LogP contribution in [0.4, 0.5) is 0 Å². The third-order valence-corrected chi connectivity index (χ3v) is 10.6. The minimum Gasteiger partial charge on any atom is -0.336 e. The molecule has 2 amide bonds. The molecule has 2 saturated carbocycles. The lowest BCUT2D eigenvalue weighted by Gasteiger charge is -2.46. The molecule has 3 rings (SSSR count). The molecule has 0 radical (unpaired) electrons. The number of amides is 2. The van der Waals surface area contributed by atoms with Crippen LogP contribution in [0.5, 0.6) is 0 Å². The van der Waals surface area contributed by atoms with Crippen LogP contribution in [0.2, 0.25) is 0 Å². The number of piperazine rings is 1. The van der Waals surface area contributed by atoms with Gasteiger partial charge >= 0.3 is 0 Å². The van der Waals surface area contributed by atoms with Crippen LogP contribution in [0.25, 0.3) is 0 Å². The van der Waals surface area contributed by atoms with Crippen LogP contribution >= 0.6 is 63.7 Å². The van der Waals surface area contributed by atoms with Crippen molar-refractivity contribution in [1.29, 1.82) is 0 Å². The highest BCUT2D eigenvalue weighted by Crippen LogP contribution is 2.68. The van der Waals surface area contributed by atoms with Gasteiger partial charge in [0, 0.05) is 25.2 Å². The van der Waals surface area contributed by atoms with E-state index in [4.69, 9.17) is 0 Å². The highest BCUT2D eigenvalue weighted by molar-refractivity contribution is 9.26. The molecule has 4 atom stereocenters. The normalized spacial score (nSPS) is 42.7. The van der Waals surface area contributed by atoms with Crippen molar-refractivity contribution < 1.29 is 9.59 Å². The molecule has 24 heavy (non-hydrogen) atoms. The molecule has 1 saturated heterocycles. The Labute approximate surface area is 177 Å². The summed E-state index contributed by atoms with van der Waals surface area (Å²) in [5.74, 6) is 0.325. The molecule has 0 bridgehead atoms. The van der Waals surface area contributed by atoms with E-state index in [1.54, 1.807) is 0 Å². The fraction of sp³-hybridized carbons (Fsp3) is 0.875. The number of halogens is 4. The summed E-state index contributed by atoms with van der Waals surface area (Å²) in [6.45, 7) is 9.22. The van der Waals surface area contributed by atoms with Gasteiger partial charge in [-0.05, 0) is 40.5 Å². The average Bonchev–Trinajstić information content (AvgIpc) is 3.19. The zero-order chi connectivity index (χ0) is 18.3. The second-order valence-electron chi connectivity index (χ2n) is 8.04. The lowest BCUT2D eigenvalue weighted by Crippen LogP contribution is -2.62. The van der Waals surface area contributed by atoms with Crippen molar-refractivity contribution in [2.24, 2.45) is 10.8 Å². The maximum atomic E-state index is 13.0. The Hall–Kier alpha value is 0.860. The molecule has 0 unspecified atom stereocenters. The van der Waals surface area contributed by atoms with Crippen LogP contribution in [-0.4, -0.2) is 53.3 Å². The summed E-state index contributed by atoms with van der Waals surface area (Å²) >= 11 is 14.3. The molecule has 3 aliphatic rings. The minimum atomic E-state index is -0.406. The van der Waals surface area contributed by atoms with E-state index in [-0.39, 0.29) is 30.4 Å². The number of carbonyl (C=O) groups excluding carboxylic acids is 2. The third-order valence-electron chi connectivity index (χ3n) is 5.97. The number of nitrogens with zero attached hydrogens (tertiary/aromatic N) is 2. The van der Waals surface area contributed by atoms with E-state index in [0.29, 0.717) is 13.1 Å². The summed E-state index contributed by atoms with van der Waals surface area (Å²) in [4.78, 5) is 29.9. The quantitative estimate of drug-likeness (QED) is 0.450. The fourth-order valence-corrected chi connectivity index (χ4v) is 6.51. The van der Waals surface area contributed by atoms with Crippen molar-refractivity contribution in [1.82, 2.24) is 9.80 Å². The van der Waals surface area contributed by atoms with Crippen LogP contribution in [0.15, 0.2) is 0 Å². The van der Waals surface area contributed by atoms with Crippen LogP contribution in [0.1, 0.15) is 40.5 Å². The molecule has 0 aromatic carbocycles. The Morgan fingerprint density at radius 3 is 1.25 bits per heavy atom. The molecule has 8 heteroatoms. The van der Waals surface area contributed by atoms with Crippen molar-refractivity contribution in [2.45, 2.75) is 59.1 Å². The number of carbonyl (C=O) groups is 2. The Morgan fingerprint density at radius 1 is 0.792 bits per heavy atom. The van der Waals surface area contributed by atoms with Crippen molar-refractivity contribution in [3.8, 4) is 0 Å². The van der Waals surface area contributed by atoms with E-state index in [0.717, 1.165) is 12.8 Å². The average molecular weight is 594 g/mol. The lowest BCUT2D eigenvalue weighted by molar-refractivity contribution is -0.151. The van der Waals surface area contributed by atoms with Gasteiger partial charge in [-0.1, -0.05) is 63.7 Å². The SMILES string of the molecule is C[C@H]1CN(C(=O)[C@]2(C)CC2(Br)Br)[C@@H](C)CN1C(=O)[C@]1(C)CC1(Br)Br. The summed E-state index contributed by atoms with van der Waals surface area (Å²) in [5, 5.41) is 0. The van der Waals surface area contributed by atoms with Gasteiger partial charge in [0.15, 0.2) is 0 Å². The summed E-state index contributed by atoms with van der Waals surface area (Å²) in [7, 11) is 0. The van der Waals surface area contributed by atoms with Crippen molar-refractivity contribution >= 4 is 75.5 Å². The standard InChI is InChI=1S/C16H22Br4N2O2/c1-9-5-22(12(24)14(4)8-16(14,19)20)10(2)6-21(9)11(23)13(3)7-15(13,17)18/h9-10H,5-8H2,1-4H3/t9-,10-,13-,14-/m0/s1. The Morgan fingerprint density at radius 2 is 1.04 bits per heavy atom. The number of rotatable bonds is 2. The molecule has 1 aliphatic heterocycles. The molecule has 1 heterocycles. The van der Waals surface area contributed by atoms with Gasteiger partial charge in [0.2, 0.25) is 11.8 Å². The van der Waals surface area contributed by atoms with E-state index in [2.05, 4.69) is 63.7 Å². The zero-order valence-corrected chi connectivity index (χ0v) is 20.5. The minimum absolute atomic E-state index is 0.0216. The highest BCUT2D eigenvalue weighted by atomic mass is 79.9. The van der Waals surface area contributed by atoms with E-state index in [9.17, 15) is 9.59 Å². The molecule has 3 fully saturated rings. The van der Waals surface area contributed by atoms with Gasteiger partial charge in [-0.2, -0.15) is 0 Å². The fourth-order valence-electron chi connectivity index (χ4n) is 3.59. The number of hydrogen-bond acceptors (Lipinski definition) is 2. The zero-order valence-electron chi connectivity index (χ0n) is 14.2. The van der Waals surface area contributed by atoms with Crippen LogP contribution in [0, 0.1) is 10.8 Å². The summed E-state index contributed by atoms with van der Waals surface area (Å²) < 4.78 is -0.569. The van der Waals surface area contributed by atoms with Gasteiger partial charge in [-0.3, -0.25) is 9.59 Å². The summed E-state index contributed by atoms with van der Waals surface area (Å²) in [5.41, 5.74) is -0.812.